The molecule has 1 aromatic heterocycles. The number of fused-ring (bicyclic) bond motifs is 1. The standard InChI is InChI=1S/C17H19N3O2/c1-2-14-11-20(17(21)13-5-7-19-8-6-13)15-4-3-12(10-18)9-16(15)22-14/h3-9,14H,2,10-11,18H2,1H3. The molecule has 2 N–H and O–H groups in total. The second-order valence-corrected chi connectivity index (χ2v) is 5.31. The first-order chi connectivity index (χ1) is 10.7. The third-order valence-electron chi connectivity index (χ3n) is 3.86. The van der Waals surface area contributed by atoms with E-state index in [1.54, 1.807) is 29.4 Å². The molecule has 1 unspecified atom stereocenters. The number of hydrogen-bond donors (Lipinski definition) is 1. The summed E-state index contributed by atoms with van der Waals surface area (Å²) >= 11 is 0. The van der Waals surface area contributed by atoms with E-state index in [1.165, 1.54) is 0 Å². The summed E-state index contributed by atoms with van der Waals surface area (Å²) in [5.41, 5.74) is 8.11. The molecule has 1 aliphatic rings. The molecule has 0 spiro atoms. The van der Waals surface area contributed by atoms with Gasteiger partial charge < -0.3 is 15.4 Å². The fourth-order valence-corrected chi connectivity index (χ4v) is 2.58. The minimum absolute atomic E-state index is 0.00804. The summed E-state index contributed by atoms with van der Waals surface area (Å²) in [7, 11) is 0. The van der Waals surface area contributed by atoms with Gasteiger partial charge in [-0.05, 0) is 36.2 Å². The number of pyridine rings is 1. The Kier molecular flexibility index (Phi) is 4.06. The lowest BCUT2D eigenvalue weighted by Crippen LogP contribution is -2.43. The van der Waals surface area contributed by atoms with Gasteiger partial charge in [-0.25, -0.2) is 0 Å². The zero-order valence-corrected chi connectivity index (χ0v) is 12.5. The summed E-state index contributed by atoms with van der Waals surface area (Å²) in [5, 5.41) is 0. The zero-order chi connectivity index (χ0) is 15.5. The Morgan fingerprint density at radius 3 is 2.82 bits per heavy atom. The van der Waals surface area contributed by atoms with Gasteiger partial charge >= 0.3 is 0 Å². The van der Waals surface area contributed by atoms with Gasteiger partial charge in [-0.2, -0.15) is 0 Å². The molecule has 0 saturated carbocycles. The quantitative estimate of drug-likeness (QED) is 0.944. The monoisotopic (exact) mass is 297 g/mol. The summed E-state index contributed by atoms with van der Waals surface area (Å²) in [6, 6.07) is 9.22. The van der Waals surface area contributed by atoms with Crippen molar-refractivity contribution in [1.29, 1.82) is 0 Å². The van der Waals surface area contributed by atoms with Crippen LogP contribution in [-0.2, 0) is 6.54 Å². The normalized spacial score (nSPS) is 16.8. The second kappa shape index (κ2) is 6.15. The van der Waals surface area contributed by atoms with Crippen molar-refractivity contribution < 1.29 is 9.53 Å². The van der Waals surface area contributed by atoms with E-state index in [2.05, 4.69) is 11.9 Å². The average Bonchev–Trinajstić information content (AvgIpc) is 2.60. The number of carbonyl (C=O) groups excluding carboxylic acids is 1. The highest BCUT2D eigenvalue weighted by Gasteiger charge is 2.29. The molecular formula is C17H19N3O2. The number of benzene rings is 1. The van der Waals surface area contributed by atoms with Gasteiger partial charge in [0, 0.05) is 24.5 Å². The van der Waals surface area contributed by atoms with Gasteiger partial charge in [0.15, 0.2) is 0 Å². The van der Waals surface area contributed by atoms with Crippen LogP contribution >= 0.6 is 0 Å². The van der Waals surface area contributed by atoms with Crippen LogP contribution in [0.2, 0.25) is 0 Å². The Bertz CT molecular complexity index is 673. The van der Waals surface area contributed by atoms with E-state index in [4.69, 9.17) is 10.5 Å². The molecule has 1 aromatic carbocycles. The van der Waals surface area contributed by atoms with Crippen LogP contribution in [-0.4, -0.2) is 23.5 Å². The van der Waals surface area contributed by atoms with Crippen LogP contribution in [0, 0.1) is 0 Å². The summed E-state index contributed by atoms with van der Waals surface area (Å²) in [5.74, 6) is 0.689. The molecule has 0 bridgehead atoms. The lowest BCUT2D eigenvalue weighted by atomic mass is 10.1. The maximum Gasteiger partial charge on any atom is 0.258 e. The number of amides is 1. The Labute approximate surface area is 129 Å². The Morgan fingerprint density at radius 1 is 1.36 bits per heavy atom. The average molecular weight is 297 g/mol. The van der Waals surface area contributed by atoms with Gasteiger partial charge in [0.2, 0.25) is 0 Å². The van der Waals surface area contributed by atoms with Crippen LogP contribution < -0.4 is 15.4 Å². The maximum absolute atomic E-state index is 12.8. The van der Waals surface area contributed by atoms with Crippen LogP contribution in [0.4, 0.5) is 5.69 Å². The van der Waals surface area contributed by atoms with E-state index < -0.39 is 0 Å². The van der Waals surface area contributed by atoms with Crippen molar-refractivity contribution in [1.82, 2.24) is 4.98 Å². The van der Waals surface area contributed by atoms with Crippen molar-refractivity contribution in [2.45, 2.75) is 26.0 Å². The van der Waals surface area contributed by atoms with E-state index in [-0.39, 0.29) is 12.0 Å². The number of nitrogens with zero attached hydrogens (tertiary/aromatic N) is 2. The first-order valence-corrected chi connectivity index (χ1v) is 7.44. The van der Waals surface area contributed by atoms with E-state index >= 15 is 0 Å². The molecule has 5 heteroatoms. The molecule has 1 aliphatic heterocycles. The lowest BCUT2D eigenvalue weighted by Gasteiger charge is -2.35. The smallest absolute Gasteiger partial charge is 0.258 e. The fourth-order valence-electron chi connectivity index (χ4n) is 2.58. The SMILES string of the molecule is CCC1CN(C(=O)c2ccncc2)c2ccc(CN)cc2O1. The summed E-state index contributed by atoms with van der Waals surface area (Å²) in [4.78, 5) is 18.5. The molecule has 22 heavy (non-hydrogen) atoms. The second-order valence-electron chi connectivity index (χ2n) is 5.31. The molecule has 5 nitrogen and oxygen atoms in total. The van der Waals surface area contributed by atoms with Gasteiger partial charge in [-0.3, -0.25) is 9.78 Å². The van der Waals surface area contributed by atoms with Gasteiger partial charge in [0.25, 0.3) is 5.91 Å². The van der Waals surface area contributed by atoms with Crippen LogP contribution in [0.3, 0.4) is 0 Å². The number of nitrogens with two attached hydrogens (primary N) is 1. The first-order valence-electron chi connectivity index (χ1n) is 7.44. The number of hydrogen-bond acceptors (Lipinski definition) is 4. The van der Waals surface area contributed by atoms with Crippen LogP contribution in [0.25, 0.3) is 0 Å². The molecule has 1 atom stereocenters. The van der Waals surface area contributed by atoms with Crippen molar-refractivity contribution in [3.05, 3.63) is 53.9 Å². The van der Waals surface area contributed by atoms with E-state index in [9.17, 15) is 4.79 Å². The molecule has 3 rings (SSSR count). The minimum atomic E-state index is -0.0362. The first kappa shape index (κ1) is 14.5. The van der Waals surface area contributed by atoms with E-state index in [0.717, 1.165) is 23.4 Å². The van der Waals surface area contributed by atoms with Crippen LogP contribution in [0.1, 0.15) is 29.3 Å². The van der Waals surface area contributed by atoms with Crippen molar-refractivity contribution in [3.63, 3.8) is 0 Å². The minimum Gasteiger partial charge on any atom is -0.486 e. The number of rotatable bonds is 3. The molecule has 2 heterocycles. The third kappa shape index (κ3) is 2.67. The summed E-state index contributed by atoms with van der Waals surface area (Å²) in [6.07, 6.45) is 4.09. The largest absolute Gasteiger partial charge is 0.486 e. The number of anilines is 1. The van der Waals surface area contributed by atoms with Gasteiger partial charge in [-0.1, -0.05) is 13.0 Å². The van der Waals surface area contributed by atoms with Crippen molar-refractivity contribution in [2.75, 3.05) is 11.4 Å². The van der Waals surface area contributed by atoms with Crippen LogP contribution in [0.15, 0.2) is 42.7 Å². The molecule has 0 fully saturated rings. The van der Waals surface area contributed by atoms with E-state index in [1.807, 2.05) is 18.2 Å². The summed E-state index contributed by atoms with van der Waals surface area (Å²) < 4.78 is 5.98. The Hall–Kier alpha value is -2.40. The predicted molar refractivity (Wildman–Crippen MR) is 85.0 cm³/mol. The topological polar surface area (TPSA) is 68.5 Å². The summed E-state index contributed by atoms with van der Waals surface area (Å²) in [6.45, 7) is 3.05. The Balaban J connectivity index is 1.99. The lowest BCUT2D eigenvalue weighted by molar-refractivity contribution is 0.0954. The Morgan fingerprint density at radius 2 is 2.14 bits per heavy atom. The van der Waals surface area contributed by atoms with Gasteiger partial charge in [0.1, 0.15) is 11.9 Å². The maximum atomic E-state index is 12.8. The van der Waals surface area contributed by atoms with Crippen molar-refractivity contribution in [2.24, 2.45) is 5.73 Å². The molecule has 2 aromatic rings. The van der Waals surface area contributed by atoms with Gasteiger partial charge in [0.05, 0.1) is 12.2 Å². The highest BCUT2D eigenvalue weighted by molar-refractivity contribution is 6.07. The zero-order valence-electron chi connectivity index (χ0n) is 12.5. The number of ether oxygens (including phenoxy) is 1. The van der Waals surface area contributed by atoms with Crippen LogP contribution in [0.5, 0.6) is 5.75 Å². The fraction of sp³-hybridized carbons (Fsp3) is 0.294. The molecule has 0 saturated heterocycles. The van der Waals surface area contributed by atoms with Crippen molar-refractivity contribution in [3.8, 4) is 5.75 Å². The molecule has 0 aliphatic carbocycles. The van der Waals surface area contributed by atoms with Gasteiger partial charge in [-0.15, -0.1) is 0 Å². The number of carbonyl (C=O) groups is 1. The third-order valence-corrected chi connectivity index (χ3v) is 3.86. The molecule has 0 radical (unpaired) electrons. The van der Waals surface area contributed by atoms with Crippen molar-refractivity contribution >= 4 is 11.6 Å². The number of aromatic nitrogens is 1. The highest BCUT2D eigenvalue weighted by Crippen LogP contribution is 2.35. The molecule has 114 valence electrons. The van der Waals surface area contributed by atoms with E-state index in [0.29, 0.717) is 18.7 Å². The molecular weight excluding hydrogens is 278 g/mol. The molecule has 1 amide bonds. The highest BCUT2D eigenvalue weighted by atomic mass is 16.5. The predicted octanol–water partition coefficient (Wildman–Crippen LogP) is 2.36.